The van der Waals surface area contributed by atoms with Gasteiger partial charge in [-0.3, -0.25) is 9.11 Å². The molecule has 0 atom stereocenters. The zero-order chi connectivity index (χ0) is 18.1. The van der Waals surface area contributed by atoms with E-state index in [1.54, 1.807) is 24.3 Å². The molecule has 1 rings (SSSR count). The molecule has 138 valence electrons. The third-order valence-corrected chi connectivity index (χ3v) is 4.56. The second-order valence-corrected chi connectivity index (χ2v) is 8.30. The molecule has 0 unspecified atom stereocenters. The van der Waals surface area contributed by atoms with Gasteiger partial charge in [0.2, 0.25) is 0 Å². The summed E-state index contributed by atoms with van der Waals surface area (Å²) >= 11 is 0. The molecule has 0 aliphatic heterocycles. The number of hydrogen-bond donors (Lipinski definition) is 2. The molecule has 2 N–H and O–H groups in total. The molecule has 0 aromatic heterocycles. The van der Waals surface area contributed by atoms with Crippen LogP contribution in [-0.2, 0) is 20.2 Å². The Morgan fingerprint density at radius 2 is 1.00 bits per heavy atom. The fraction of sp³-hybridized carbons (Fsp3) is 0.571. The standard InChI is InChI=1S/C14H22O8S2/c15-23(16,17)11-3-1-9-21-13-5-7-14(8-6-13)22-10-2-4-12-24(18,19)20/h5-8H,1-4,9-12H2,(H,15,16,17)(H,18,19,20). The Bertz CT molecular complexity index is 619. The van der Waals surface area contributed by atoms with Gasteiger partial charge in [-0.25, -0.2) is 0 Å². The smallest absolute Gasteiger partial charge is 0.264 e. The predicted octanol–water partition coefficient (Wildman–Crippen LogP) is 1.78. The summed E-state index contributed by atoms with van der Waals surface area (Å²) in [4.78, 5) is 0. The summed E-state index contributed by atoms with van der Waals surface area (Å²) in [5.74, 6) is 0.669. The van der Waals surface area contributed by atoms with Crippen LogP contribution >= 0.6 is 0 Å². The van der Waals surface area contributed by atoms with Gasteiger partial charge in [0.15, 0.2) is 0 Å². The lowest BCUT2D eigenvalue weighted by molar-refractivity contribution is 0.300. The molecule has 24 heavy (non-hydrogen) atoms. The first-order chi connectivity index (χ1) is 11.2. The minimum absolute atomic E-state index is 0.277. The van der Waals surface area contributed by atoms with E-state index in [0.29, 0.717) is 50.4 Å². The highest BCUT2D eigenvalue weighted by atomic mass is 32.2. The van der Waals surface area contributed by atoms with Crippen molar-refractivity contribution < 1.29 is 35.4 Å². The van der Waals surface area contributed by atoms with Crippen LogP contribution < -0.4 is 9.47 Å². The summed E-state index contributed by atoms with van der Waals surface area (Å²) < 4.78 is 70.2. The third kappa shape index (κ3) is 11.2. The number of hydrogen-bond acceptors (Lipinski definition) is 6. The summed E-state index contributed by atoms with van der Waals surface area (Å²) in [7, 11) is -7.83. The van der Waals surface area contributed by atoms with Gasteiger partial charge in [-0.2, -0.15) is 16.8 Å². The summed E-state index contributed by atoms with van der Waals surface area (Å²) in [5, 5.41) is 0. The Balaban J connectivity index is 2.19. The van der Waals surface area contributed by atoms with Crippen molar-refractivity contribution in [2.75, 3.05) is 24.7 Å². The van der Waals surface area contributed by atoms with E-state index < -0.39 is 20.2 Å². The largest absolute Gasteiger partial charge is 0.494 e. The van der Waals surface area contributed by atoms with E-state index in [9.17, 15) is 16.8 Å². The van der Waals surface area contributed by atoms with Gasteiger partial charge in [0.1, 0.15) is 11.5 Å². The Labute approximate surface area is 142 Å². The van der Waals surface area contributed by atoms with Gasteiger partial charge in [0.05, 0.1) is 24.7 Å². The van der Waals surface area contributed by atoms with E-state index in [4.69, 9.17) is 18.6 Å². The molecule has 0 aliphatic rings. The van der Waals surface area contributed by atoms with E-state index in [1.807, 2.05) is 0 Å². The summed E-state index contributed by atoms with van der Waals surface area (Å²) in [6.45, 7) is 0.677. The van der Waals surface area contributed by atoms with E-state index in [2.05, 4.69) is 0 Å². The fourth-order valence-electron chi connectivity index (χ4n) is 1.79. The molecule has 0 radical (unpaired) electrons. The highest BCUT2D eigenvalue weighted by molar-refractivity contribution is 7.86. The maximum absolute atomic E-state index is 10.5. The summed E-state index contributed by atoms with van der Waals surface area (Å²) in [6, 6.07) is 6.82. The molecule has 0 saturated heterocycles. The normalized spacial score (nSPS) is 12.1. The lowest BCUT2D eigenvalue weighted by atomic mass is 10.3. The van der Waals surface area contributed by atoms with Crippen LogP contribution in [0.15, 0.2) is 24.3 Å². The van der Waals surface area contributed by atoms with Crippen molar-refractivity contribution >= 4 is 20.2 Å². The van der Waals surface area contributed by atoms with Crippen LogP contribution in [-0.4, -0.2) is 50.7 Å². The molecule has 0 amide bonds. The lowest BCUT2D eigenvalue weighted by Gasteiger charge is -2.08. The first-order valence-electron chi connectivity index (χ1n) is 7.42. The van der Waals surface area contributed by atoms with Gasteiger partial charge < -0.3 is 9.47 Å². The SMILES string of the molecule is O=S(=O)(O)CCCCOc1ccc(OCCCCS(=O)(=O)O)cc1. The number of unbranched alkanes of at least 4 members (excludes halogenated alkanes) is 2. The van der Waals surface area contributed by atoms with Gasteiger partial charge in [-0.05, 0) is 49.9 Å². The van der Waals surface area contributed by atoms with Crippen LogP contribution in [0, 0.1) is 0 Å². The Kier molecular flexibility index (Phi) is 8.46. The second kappa shape index (κ2) is 9.82. The molecule has 0 fully saturated rings. The molecule has 10 heteroatoms. The number of rotatable bonds is 12. The van der Waals surface area contributed by atoms with E-state index in [0.717, 1.165) is 0 Å². The average molecular weight is 382 g/mol. The molecule has 1 aromatic carbocycles. The Morgan fingerprint density at radius 1 is 0.667 bits per heavy atom. The molecule has 0 aliphatic carbocycles. The topological polar surface area (TPSA) is 127 Å². The quantitative estimate of drug-likeness (QED) is 0.414. The molecule has 8 nitrogen and oxygen atoms in total. The Morgan fingerprint density at radius 3 is 1.29 bits per heavy atom. The third-order valence-electron chi connectivity index (χ3n) is 2.95. The molecule has 0 heterocycles. The highest BCUT2D eigenvalue weighted by Gasteiger charge is 2.04. The molecular weight excluding hydrogens is 360 g/mol. The average Bonchev–Trinajstić information content (AvgIpc) is 2.45. The molecular formula is C14H22O8S2. The predicted molar refractivity (Wildman–Crippen MR) is 88.7 cm³/mol. The van der Waals surface area contributed by atoms with Crippen molar-refractivity contribution in [2.24, 2.45) is 0 Å². The van der Waals surface area contributed by atoms with Gasteiger partial charge in [-0.15, -0.1) is 0 Å². The van der Waals surface area contributed by atoms with Gasteiger partial charge in [-0.1, -0.05) is 0 Å². The fourth-order valence-corrected chi connectivity index (χ4v) is 2.92. The van der Waals surface area contributed by atoms with Crippen LogP contribution in [0.5, 0.6) is 11.5 Å². The minimum Gasteiger partial charge on any atom is -0.494 e. The lowest BCUT2D eigenvalue weighted by Crippen LogP contribution is -2.06. The minimum atomic E-state index is -3.92. The molecule has 0 spiro atoms. The highest BCUT2D eigenvalue weighted by Crippen LogP contribution is 2.18. The first kappa shape index (κ1) is 20.7. The monoisotopic (exact) mass is 382 g/mol. The van der Waals surface area contributed by atoms with Gasteiger partial charge in [0.25, 0.3) is 20.2 Å². The maximum atomic E-state index is 10.5. The van der Waals surface area contributed by atoms with Crippen LogP contribution in [0.1, 0.15) is 25.7 Å². The van der Waals surface area contributed by atoms with Crippen LogP contribution in [0.25, 0.3) is 0 Å². The zero-order valence-electron chi connectivity index (χ0n) is 13.1. The molecule has 0 saturated carbocycles. The van der Waals surface area contributed by atoms with Gasteiger partial charge in [0, 0.05) is 0 Å². The molecule has 0 bridgehead atoms. The first-order valence-corrected chi connectivity index (χ1v) is 10.6. The van der Waals surface area contributed by atoms with E-state index >= 15 is 0 Å². The van der Waals surface area contributed by atoms with Crippen molar-refractivity contribution in [2.45, 2.75) is 25.7 Å². The number of benzene rings is 1. The summed E-state index contributed by atoms with van der Waals surface area (Å²) in [6.07, 6.45) is 1.66. The second-order valence-electron chi connectivity index (χ2n) is 5.15. The zero-order valence-corrected chi connectivity index (χ0v) is 14.8. The van der Waals surface area contributed by atoms with E-state index in [1.165, 1.54) is 0 Å². The van der Waals surface area contributed by atoms with Crippen molar-refractivity contribution in [3.63, 3.8) is 0 Å². The van der Waals surface area contributed by atoms with Gasteiger partial charge >= 0.3 is 0 Å². The molecule has 1 aromatic rings. The maximum Gasteiger partial charge on any atom is 0.264 e. The van der Waals surface area contributed by atoms with Crippen LogP contribution in [0.2, 0.25) is 0 Å². The van der Waals surface area contributed by atoms with Crippen molar-refractivity contribution in [3.8, 4) is 11.5 Å². The van der Waals surface area contributed by atoms with Crippen LogP contribution in [0.3, 0.4) is 0 Å². The van der Waals surface area contributed by atoms with Crippen LogP contribution in [0.4, 0.5) is 0 Å². The van der Waals surface area contributed by atoms with E-state index in [-0.39, 0.29) is 11.5 Å². The van der Waals surface area contributed by atoms with Crippen molar-refractivity contribution in [3.05, 3.63) is 24.3 Å². The summed E-state index contributed by atoms with van der Waals surface area (Å²) in [5.41, 5.74) is 0. The Hall–Kier alpha value is -1.36. The number of ether oxygens (including phenoxy) is 2. The van der Waals surface area contributed by atoms with Crippen molar-refractivity contribution in [1.29, 1.82) is 0 Å². The van der Waals surface area contributed by atoms with Crippen molar-refractivity contribution in [1.82, 2.24) is 0 Å².